The van der Waals surface area contributed by atoms with Gasteiger partial charge in [-0.15, -0.1) is 0 Å². The van der Waals surface area contributed by atoms with Gasteiger partial charge in [0.2, 0.25) is 10.0 Å². The number of urea groups is 1. The van der Waals surface area contributed by atoms with Gasteiger partial charge in [-0.3, -0.25) is 0 Å². The van der Waals surface area contributed by atoms with Crippen LogP contribution in [0.3, 0.4) is 0 Å². The van der Waals surface area contributed by atoms with E-state index in [0.29, 0.717) is 0 Å². The molecule has 0 spiro atoms. The molecule has 0 fully saturated rings. The molecular formula is C8H10FN3O3S. The molecule has 0 aliphatic rings. The number of hydrogen-bond acceptors (Lipinski definition) is 3. The standard InChI is InChI=1S/C8H10FN3O3S/c1-11-8(13)12-7-4-5(16(10,14)15)2-3-6(7)9/h2-4H,1H3,(H2,10,14,15)(H2,11,12,13). The number of carbonyl (C=O) groups is 1. The molecule has 0 heterocycles. The van der Waals surface area contributed by atoms with Crippen molar-refractivity contribution in [3.8, 4) is 0 Å². The molecule has 0 unspecified atom stereocenters. The Labute approximate surface area is 91.7 Å². The maximum absolute atomic E-state index is 13.2. The van der Waals surface area contributed by atoms with E-state index in [2.05, 4.69) is 10.6 Å². The van der Waals surface area contributed by atoms with Crippen molar-refractivity contribution in [2.24, 2.45) is 5.14 Å². The first-order valence-electron chi connectivity index (χ1n) is 4.15. The SMILES string of the molecule is CNC(=O)Nc1cc(S(N)(=O)=O)ccc1F. The highest BCUT2D eigenvalue weighted by Crippen LogP contribution is 2.18. The van der Waals surface area contributed by atoms with Crippen molar-refractivity contribution in [3.63, 3.8) is 0 Å². The molecule has 0 atom stereocenters. The fourth-order valence-electron chi connectivity index (χ4n) is 0.962. The molecule has 6 nitrogen and oxygen atoms in total. The quantitative estimate of drug-likeness (QED) is 0.696. The summed E-state index contributed by atoms with van der Waals surface area (Å²) in [7, 11) is -2.58. The molecule has 4 N–H and O–H groups in total. The Hall–Kier alpha value is -1.67. The van der Waals surface area contributed by atoms with Crippen LogP contribution in [0, 0.1) is 5.82 Å². The molecule has 0 radical (unpaired) electrons. The maximum Gasteiger partial charge on any atom is 0.319 e. The summed E-state index contributed by atoms with van der Waals surface area (Å²) in [5, 5.41) is 9.19. The van der Waals surface area contributed by atoms with Gasteiger partial charge >= 0.3 is 6.03 Å². The lowest BCUT2D eigenvalue weighted by atomic mass is 10.3. The molecule has 0 saturated carbocycles. The number of sulfonamides is 1. The predicted octanol–water partition coefficient (Wildman–Crippen LogP) is 0.224. The number of nitrogens with two attached hydrogens (primary N) is 1. The summed E-state index contributed by atoms with van der Waals surface area (Å²) in [5.74, 6) is -0.754. The van der Waals surface area contributed by atoms with Crippen LogP contribution in [0.15, 0.2) is 23.1 Å². The second-order valence-electron chi connectivity index (χ2n) is 2.89. The fourth-order valence-corrected chi connectivity index (χ4v) is 1.50. The number of amides is 2. The average Bonchev–Trinajstić information content (AvgIpc) is 2.19. The van der Waals surface area contributed by atoms with E-state index in [1.807, 2.05) is 0 Å². The van der Waals surface area contributed by atoms with Crippen molar-refractivity contribution in [3.05, 3.63) is 24.0 Å². The number of primary sulfonamides is 1. The highest BCUT2D eigenvalue weighted by atomic mass is 32.2. The van der Waals surface area contributed by atoms with Gasteiger partial charge < -0.3 is 10.6 Å². The van der Waals surface area contributed by atoms with E-state index < -0.39 is 21.9 Å². The van der Waals surface area contributed by atoms with Crippen LogP contribution in [0.5, 0.6) is 0 Å². The van der Waals surface area contributed by atoms with Gasteiger partial charge in [-0.1, -0.05) is 0 Å². The zero-order valence-corrected chi connectivity index (χ0v) is 9.14. The number of benzene rings is 1. The number of rotatable bonds is 2. The number of anilines is 1. The minimum Gasteiger partial charge on any atom is -0.341 e. The number of carbonyl (C=O) groups excluding carboxylic acids is 1. The molecule has 2 amide bonds. The lowest BCUT2D eigenvalue weighted by molar-refractivity contribution is 0.254. The van der Waals surface area contributed by atoms with Gasteiger partial charge in [-0.05, 0) is 18.2 Å². The monoisotopic (exact) mass is 247 g/mol. The van der Waals surface area contributed by atoms with Crippen LogP contribution in [0.2, 0.25) is 0 Å². The zero-order valence-electron chi connectivity index (χ0n) is 8.32. The maximum atomic E-state index is 13.2. The summed E-state index contributed by atoms with van der Waals surface area (Å²) in [5.41, 5.74) is -0.258. The van der Waals surface area contributed by atoms with E-state index in [0.717, 1.165) is 18.2 Å². The Kier molecular flexibility index (Phi) is 3.45. The van der Waals surface area contributed by atoms with Crippen molar-refractivity contribution in [2.45, 2.75) is 4.90 Å². The summed E-state index contributed by atoms with van der Waals surface area (Å²) in [6.07, 6.45) is 0. The Morgan fingerprint density at radius 1 is 1.44 bits per heavy atom. The molecule has 0 saturated heterocycles. The first kappa shape index (κ1) is 12.4. The minimum absolute atomic E-state index is 0.258. The summed E-state index contributed by atoms with van der Waals surface area (Å²) < 4.78 is 35.1. The van der Waals surface area contributed by atoms with Gasteiger partial charge in [0.1, 0.15) is 5.82 Å². The van der Waals surface area contributed by atoms with Crippen LogP contribution >= 0.6 is 0 Å². The lowest BCUT2D eigenvalue weighted by Crippen LogP contribution is -2.25. The number of hydrogen-bond donors (Lipinski definition) is 3. The Morgan fingerprint density at radius 2 is 2.06 bits per heavy atom. The van der Waals surface area contributed by atoms with Gasteiger partial charge in [-0.2, -0.15) is 0 Å². The number of halogens is 1. The third-order valence-corrected chi connectivity index (χ3v) is 2.65. The largest absolute Gasteiger partial charge is 0.341 e. The highest BCUT2D eigenvalue weighted by molar-refractivity contribution is 7.89. The van der Waals surface area contributed by atoms with Gasteiger partial charge in [0.15, 0.2) is 0 Å². The smallest absolute Gasteiger partial charge is 0.319 e. The molecule has 0 aromatic heterocycles. The van der Waals surface area contributed by atoms with Crippen LogP contribution in [-0.2, 0) is 10.0 Å². The topological polar surface area (TPSA) is 101 Å². The van der Waals surface area contributed by atoms with Crippen molar-refractivity contribution >= 4 is 21.7 Å². The van der Waals surface area contributed by atoms with Crippen molar-refractivity contribution in [2.75, 3.05) is 12.4 Å². The molecule has 0 aliphatic carbocycles. The van der Waals surface area contributed by atoms with E-state index in [9.17, 15) is 17.6 Å². The van der Waals surface area contributed by atoms with E-state index in [4.69, 9.17) is 5.14 Å². The second kappa shape index (κ2) is 4.45. The fraction of sp³-hybridized carbons (Fsp3) is 0.125. The number of nitrogens with one attached hydrogen (secondary N) is 2. The predicted molar refractivity (Wildman–Crippen MR) is 55.9 cm³/mol. The molecule has 1 aromatic carbocycles. The second-order valence-corrected chi connectivity index (χ2v) is 4.45. The lowest BCUT2D eigenvalue weighted by Gasteiger charge is -2.07. The Bertz CT molecular complexity index is 515. The van der Waals surface area contributed by atoms with Gasteiger partial charge in [0.05, 0.1) is 10.6 Å². The first-order valence-corrected chi connectivity index (χ1v) is 5.70. The molecule has 0 bridgehead atoms. The van der Waals surface area contributed by atoms with Gasteiger partial charge in [-0.25, -0.2) is 22.7 Å². The van der Waals surface area contributed by atoms with E-state index >= 15 is 0 Å². The van der Waals surface area contributed by atoms with E-state index in [1.54, 1.807) is 0 Å². The third kappa shape index (κ3) is 2.91. The molecule has 16 heavy (non-hydrogen) atoms. The molecular weight excluding hydrogens is 237 g/mol. The van der Waals surface area contributed by atoms with Gasteiger partial charge in [0, 0.05) is 7.05 Å². The molecule has 8 heteroatoms. The molecule has 88 valence electrons. The van der Waals surface area contributed by atoms with E-state index in [1.165, 1.54) is 7.05 Å². The summed E-state index contributed by atoms with van der Waals surface area (Å²) in [6.45, 7) is 0. The molecule has 1 aromatic rings. The van der Waals surface area contributed by atoms with Crippen molar-refractivity contribution < 1.29 is 17.6 Å². The highest BCUT2D eigenvalue weighted by Gasteiger charge is 2.12. The van der Waals surface area contributed by atoms with Crippen molar-refractivity contribution in [1.29, 1.82) is 0 Å². The van der Waals surface area contributed by atoms with Crippen LogP contribution < -0.4 is 15.8 Å². The minimum atomic E-state index is -3.92. The van der Waals surface area contributed by atoms with Crippen LogP contribution in [-0.4, -0.2) is 21.5 Å². The Morgan fingerprint density at radius 3 is 2.56 bits per heavy atom. The third-order valence-electron chi connectivity index (χ3n) is 1.74. The molecule has 1 rings (SSSR count). The van der Waals surface area contributed by atoms with Crippen LogP contribution in [0.25, 0.3) is 0 Å². The van der Waals surface area contributed by atoms with Gasteiger partial charge in [0.25, 0.3) is 0 Å². The van der Waals surface area contributed by atoms with E-state index in [-0.39, 0.29) is 10.6 Å². The van der Waals surface area contributed by atoms with Crippen LogP contribution in [0.1, 0.15) is 0 Å². The van der Waals surface area contributed by atoms with Crippen molar-refractivity contribution in [1.82, 2.24) is 5.32 Å². The summed E-state index contributed by atoms with van der Waals surface area (Å²) in [4.78, 5) is 10.6. The average molecular weight is 247 g/mol. The van der Waals surface area contributed by atoms with Crippen LogP contribution in [0.4, 0.5) is 14.9 Å². The normalized spacial score (nSPS) is 10.9. The first-order chi connectivity index (χ1) is 7.34. The summed E-state index contributed by atoms with van der Waals surface area (Å²) in [6, 6.07) is 2.20. The zero-order chi connectivity index (χ0) is 12.3. The molecule has 0 aliphatic heterocycles. The summed E-state index contributed by atoms with van der Waals surface area (Å²) >= 11 is 0. The Balaban J connectivity index is 3.14.